The summed E-state index contributed by atoms with van der Waals surface area (Å²) in [6.45, 7) is 2.43. The Morgan fingerprint density at radius 2 is 1.88 bits per heavy atom. The number of rotatable bonds is 8. The molecule has 0 saturated heterocycles. The number of hydrogen-bond donors (Lipinski definition) is 1. The van der Waals surface area contributed by atoms with E-state index in [4.69, 9.17) is 4.74 Å². The Hall–Kier alpha value is -1.02. The molecule has 0 aliphatic rings. The number of aryl methyl sites for hydroxylation is 1. The van der Waals surface area contributed by atoms with E-state index in [0.717, 1.165) is 5.75 Å². The van der Waals surface area contributed by atoms with Gasteiger partial charge in [0.25, 0.3) is 0 Å². The second-order valence-corrected chi connectivity index (χ2v) is 8.99. The van der Waals surface area contributed by atoms with Gasteiger partial charge in [-0.25, -0.2) is 13.1 Å². The number of nitrogens with one attached hydrogen (secondary N) is 1. The summed E-state index contributed by atoms with van der Waals surface area (Å²) in [5.41, 5.74) is 2.47. The van der Waals surface area contributed by atoms with Crippen LogP contribution in [0, 0.1) is 6.92 Å². The smallest absolute Gasteiger partial charge is 0.244 e. The fraction of sp³-hybridized carbons (Fsp3) is 0.294. The van der Waals surface area contributed by atoms with Crippen LogP contribution < -0.4 is 9.46 Å². The zero-order valence-corrected chi connectivity index (χ0v) is 16.8. The molecule has 0 aromatic heterocycles. The average molecular weight is 430 g/mol. The second kappa shape index (κ2) is 8.89. The molecule has 2 rings (SSSR count). The SMILES string of the molecule is COc1ccc(Br)cc1S(=O)(=O)NCCSCc1ccc(C)cc1. The lowest BCUT2D eigenvalue weighted by Crippen LogP contribution is -2.26. The first-order chi connectivity index (χ1) is 11.4. The summed E-state index contributed by atoms with van der Waals surface area (Å²) in [6, 6.07) is 13.3. The zero-order valence-electron chi connectivity index (χ0n) is 13.6. The highest BCUT2D eigenvalue weighted by molar-refractivity contribution is 9.10. The van der Waals surface area contributed by atoms with Crippen LogP contribution in [0.25, 0.3) is 0 Å². The van der Waals surface area contributed by atoms with Crippen molar-refractivity contribution in [2.75, 3.05) is 19.4 Å². The molecule has 7 heteroatoms. The van der Waals surface area contributed by atoms with Crippen molar-refractivity contribution >= 4 is 37.7 Å². The van der Waals surface area contributed by atoms with Gasteiger partial charge < -0.3 is 4.74 Å². The van der Waals surface area contributed by atoms with Crippen LogP contribution in [-0.4, -0.2) is 27.8 Å². The van der Waals surface area contributed by atoms with E-state index in [-0.39, 0.29) is 4.90 Å². The van der Waals surface area contributed by atoms with E-state index in [0.29, 0.717) is 22.5 Å². The predicted octanol–water partition coefficient (Wildman–Crippen LogP) is 3.98. The number of thioether (sulfide) groups is 1. The van der Waals surface area contributed by atoms with Crippen LogP contribution in [0.2, 0.25) is 0 Å². The van der Waals surface area contributed by atoms with Crippen LogP contribution in [0.15, 0.2) is 51.8 Å². The molecule has 0 unspecified atom stereocenters. The number of benzene rings is 2. The summed E-state index contributed by atoms with van der Waals surface area (Å²) in [4.78, 5) is 0.142. The van der Waals surface area contributed by atoms with Crippen LogP contribution in [0.5, 0.6) is 5.75 Å². The third-order valence-electron chi connectivity index (χ3n) is 3.34. The lowest BCUT2D eigenvalue weighted by molar-refractivity contribution is 0.402. The molecule has 0 fully saturated rings. The summed E-state index contributed by atoms with van der Waals surface area (Å²) in [5, 5.41) is 0. The maximum atomic E-state index is 12.4. The van der Waals surface area contributed by atoms with Crippen molar-refractivity contribution < 1.29 is 13.2 Å². The summed E-state index contributed by atoms with van der Waals surface area (Å²) in [7, 11) is -2.14. The van der Waals surface area contributed by atoms with E-state index in [1.807, 2.05) is 0 Å². The highest BCUT2D eigenvalue weighted by Gasteiger charge is 2.19. The molecule has 0 radical (unpaired) electrons. The third-order valence-corrected chi connectivity index (χ3v) is 6.35. The van der Waals surface area contributed by atoms with Gasteiger partial charge in [0.2, 0.25) is 10.0 Å². The molecule has 130 valence electrons. The van der Waals surface area contributed by atoms with Crippen LogP contribution in [-0.2, 0) is 15.8 Å². The van der Waals surface area contributed by atoms with Crippen molar-refractivity contribution in [2.24, 2.45) is 0 Å². The predicted molar refractivity (Wildman–Crippen MR) is 103 cm³/mol. The number of ether oxygens (including phenoxy) is 1. The van der Waals surface area contributed by atoms with E-state index in [2.05, 4.69) is 51.8 Å². The van der Waals surface area contributed by atoms with Gasteiger partial charge in [-0.2, -0.15) is 11.8 Å². The highest BCUT2D eigenvalue weighted by atomic mass is 79.9. The summed E-state index contributed by atoms with van der Waals surface area (Å²) in [6.07, 6.45) is 0. The monoisotopic (exact) mass is 429 g/mol. The first-order valence-corrected chi connectivity index (χ1v) is 10.8. The van der Waals surface area contributed by atoms with Crippen molar-refractivity contribution in [3.63, 3.8) is 0 Å². The van der Waals surface area contributed by atoms with Gasteiger partial charge in [0.1, 0.15) is 10.6 Å². The first kappa shape index (κ1) is 19.3. The first-order valence-electron chi connectivity index (χ1n) is 7.39. The van der Waals surface area contributed by atoms with Gasteiger partial charge >= 0.3 is 0 Å². The van der Waals surface area contributed by atoms with E-state index < -0.39 is 10.0 Å². The van der Waals surface area contributed by atoms with E-state index in [1.54, 1.807) is 30.0 Å². The quantitative estimate of drug-likeness (QED) is 0.644. The Balaban J connectivity index is 1.87. The summed E-state index contributed by atoms with van der Waals surface area (Å²) < 4.78 is 33.3. The van der Waals surface area contributed by atoms with Crippen molar-refractivity contribution in [3.05, 3.63) is 58.1 Å². The highest BCUT2D eigenvalue weighted by Crippen LogP contribution is 2.27. The van der Waals surface area contributed by atoms with Gasteiger partial charge in [-0.05, 0) is 30.7 Å². The molecule has 2 aromatic rings. The molecule has 0 heterocycles. The molecule has 1 N–H and O–H groups in total. The minimum Gasteiger partial charge on any atom is -0.495 e. The lowest BCUT2D eigenvalue weighted by Gasteiger charge is -2.11. The Labute approximate surface area is 156 Å². The van der Waals surface area contributed by atoms with E-state index in [1.165, 1.54) is 18.2 Å². The summed E-state index contributed by atoms with van der Waals surface area (Å²) in [5.74, 6) is 1.89. The Kier molecular flexibility index (Phi) is 7.16. The zero-order chi connectivity index (χ0) is 17.6. The fourth-order valence-corrected chi connectivity index (χ4v) is 4.75. The topological polar surface area (TPSA) is 55.4 Å². The average Bonchev–Trinajstić information content (AvgIpc) is 2.56. The molecular weight excluding hydrogens is 410 g/mol. The minimum absolute atomic E-state index is 0.142. The van der Waals surface area contributed by atoms with Crippen LogP contribution >= 0.6 is 27.7 Å². The second-order valence-electron chi connectivity index (χ2n) is 5.23. The third kappa shape index (κ3) is 5.51. The Morgan fingerprint density at radius 3 is 2.54 bits per heavy atom. The van der Waals surface area contributed by atoms with Crippen molar-refractivity contribution in [1.29, 1.82) is 0 Å². The molecule has 0 atom stereocenters. The van der Waals surface area contributed by atoms with Gasteiger partial charge in [0, 0.05) is 22.5 Å². The molecule has 0 aliphatic heterocycles. The van der Waals surface area contributed by atoms with Gasteiger partial charge in [0.05, 0.1) is 7.11 Å². The molecule has 0 bridgehead atoms. The number of sulfonamides is 1. The van der Waals surface area contributed by atoms with Gasteiger partial charge in [-0.1, -0.05) is 45.8 Å². The van der Waals surface area contributed by atoms with Crippen LogP contribution in [0.1, 0.15) is 11.1 Å². The molecule has 2 aromatic carbocycles. The van der Waals surface area contributed by atoms with E-state index >= 15 is 0 Å². The standard InChI is InChI=1S/C17H20BrNO3S2/c1-13-3-5-14(6-4-13)12-23-10-9-19-24(20,21)17-11-15(18)7-8-16(17)22-2/h3-8,11,19H,9-10,12H2,1-2H3. The molecule has 0 saturated carbocycles. The van der Waals surface area contributed by atoms with Crippen LogP contribution in [0.4, 0.5) is 0 Å². The molecule has 0 spiro atoms. The van der Waals surface area contributed by atoms with Crippen molar-refractivity contribution in [2.45, 2.75) is 17.6 Å². The van der Waals surface area contributed by atoms with Crippen LogP contribution in [0.3, 0.4) is 0 Å². The Morgan fingerprint density at radius 1 is 1.17 bits per heavy atom. The van der Waals surface area contributed by atoms with Crippen molar-refractivity contribution in [3.8, 4) is 5.75 Å². The number of hydrogen-bond acceptors (Lipinski definition) is 4. The Bertz CT molecular complexity index is 777. The lowest BCUT2D eigenvalue weighted by atomic mass is 10.2. The van der Waals surface area contributed by atoms with Gasteiger partial charge in [-0.15, -0.1) is 0 Å². The molecule has 24 heavy (non-hydrogen) atoms. The fourth-order valence-electron chi connectivity index (χ4n) is 2.06. The van der Waals surface area contributed by atoms with Crippen molar-refractivity contribution in [1.82, 2.24) is 4.72 Å². The maximum absolute atomic E-state index is 12.4. The maximum Gasteiger partial charge on any atom is 0.244 e. The number of halogens is 1. The molecular formula is C17H20BrNO3S2. The van der Waals surface area contributed by atoms with Gasteiger partial charge in [0.15, 0.2) is 0 Å². The molecule has 0 amide bonds. The molecule has 0 aliphatic carbocycles. The molecule has 4 nitrogen and oxygen atoms in total. The van der Waals surface area contributed by atoms with Gasteiger partial charge in [-0.3, -0.25) is 0 Å². The summed E-state index contributed by atoms with van der Waals surface area (Å²) >= 11 is 4.98. The van der Waals surface area contributed by atoms with E-state index in [9.17, 15) is 8.42 Å². The largest absolute Gasteiger partial charge is 0.495 e. The normalized spacial score (nSPS) is 11.5. The number of methoxy groups -OCH3 is 1. The minimum atomic E-state index is -3.59.